The zero-order valence-corrected chi connectivity index (χ0v) is 14.6. The van der Waals surface area contributed by atoms with Crippen molar-refractivity contribution in [3.8, 4) is 0 Å². The zero-order valence-electron chi connectivity index (χ0n) is 14.6. The van der Waals surface area contributed by atoms with Crippen LogP contribution in [0.1, 0.15) is 0 Å². The van der Waals surface area contributed by atoms with Crippen LogP contribution in [-0.2, 0) is 4.79 Å². The fourth-order valence-corrected chi connectivity index (χ4v) is 3.32. The summed E-state index contributed by atoms with van der Waals surface area (Å²) in [6.45, 7) is 1.31. The maximum Gasteiger partial charge on any atom is 0.238 e. The number of rotatable bonds is 4. The van der Waals surface area contributed by atoms with E-state index < -0.39 is 6.23 Å². The molecule has 3 N–H and O–H groups in total. The van der Waals surface area contributed by atoms with Crippen molar-refractivity contribution in [1.82, 2.24) is 15.1 Å². The highest BCUT2D eigenvalue weighted by atomic mass is 19.1. The van der Waals surface area contributed by atoms with Crippen molar-refractivity contribution in [3.63, 3.8) is 0 Å². The number of β-amino-alcohol motifs (C(OH)–C–C–N with tert-alkyl or cyclic N) is 1. The molecule has 2 aromatic carbocycles. The lowest BCUT2D eigenvalue weighted by atomic mass is 10.2. The molecule has 0 aliphatic carbocycles. The van der Waals surface area contributed by atoms with Crippen molar-refractivity contribution >= 4 is 28.2 Å². The van der Waals surface area contributed by atoms with Crippen LogP contribution in [0.2, 0.25) is 0 Å². The molecular formula is C19H20FN5O2. The molecule has 1 unspecified atom stereocenters. The number of nitrogens with one attached hydrogen (secondary N) is 2. The van der Waals surface area contributed by atoms with Crippen molar-refractivity contribution in [3.05, 3.63) is 54.5 Å². The van der Waals surface area contributed by atoms with Crippen molar-refractivity contribution in [1.29, 1.82) is 0 Å². The van der Waals surface area contributed by atoms with E-state index in [4.69, 9.17) is 0 Å². The number of H-pyrrole nitrogens is 1. The van der Waals surface area contributed by atoms with Crippen LogP contribution in [0.25, 0.3) is 10.9 Å². The molecule has 0 bridgehead atoms. The molecule has 1 atom stereocenters. The number of anilines is 2. The van der Waals surface area contributed by atoms with Crippen LogP contribution in [0.3, 0.4) is 0 Å². The fourth-order valence-electron chi connectivity index (χ4n) is 3.32. The summed E-state index contributed by atoms with van der Waals surface area (Å²) in [5.41, 5.74) is 2.04. The normalized spacial score (nSPS) is 18.0. The Labute approximate surface area is 155 Å². The standard InChI is InChI=1S/C19H20FN5O2/c20-15-3-1-2-4-17(15)24-7-8-25(19(27)12-24)11-18(26)22-14-5-6-16-13(9-14)10-21-23-16/h1-6,9-10,19,27H,7-8,11-12H2,(H,21,23)(H,22,26). The van der Waals surface area contributed by atoms with Crippen LogP contribution in [0.4, 0.5) is 15.8 Å². The van der Waals surface area contributed by atoms with Crippen LogP contribution in [-0.4, -0.2) is 58.5 Å². The van der Waals surface area contributed by atoms with E-state index in [1.807, 2.05) is 12.1 Å². The van der Waals surface area contributed by atoms with Crippen molar-refractivity contribution in [2.75, 3.05) is 36.4 Å². The number of para-hydroxylation sites is 1. The summed E-state index contributed by atoms with van der Waals surface area (Å²) in [4.78, 5) is 15.8. The minimum atomic E-state index is -0.847. The second-order valence-corrected chi connectivity index (χ2v) is 6.57. The van der Waals surface area contributed by atoms with Gasteiger partial charge in [0.2, 0.25) is 5.91 Å². The second kappa shape index (κ2) is 7.34. The summed E-state index contributed by atoms with van der Waals surface area (Å²) in [6, 6.07) is 12.0. The van der Waals surface area contributed by atoms with Crippen molar-refractivity contribution < 1.29 is 14.3 Å². The van der Waals surface area contributed by atoms with E-state index in [1.54, 1.807) is 40.3 Å². The first-order valence-corrected chi connectivity index (χ1v) is 8.75. The lowest BCUT2D eigenvalue weighted by Crippen LogP contribution is -2.55. The third kappa shape index (κ3) is 3.76. The molecule has 1 fully saturated rings. The number of hydrogen-bond acceptors (Lipinski definition) is 5. The molecule has 3 aromatic rings. The molecule has 0 saturated carbocycles. The van der Waals surface area contributed by atoms with Gasteiger partial charge in [-0.15, -0.1) is 0 Å². The van der Waals surface area contributed by atoms with Crippen LogP contribution in [0, 0.1) is 5.82 Å². The second-order valence-electron chi connectivity index (χ2n) is 6.57. The van der Waals surface area contributed by atoms with E-state index >= 15 is 0 Å². The highest BCUT2D eigenvalue weighted by molar-refractivity contribution is 5.94. The van der Waals surface area contributed by atoms with E-state index in [0.717, 1.165) is 10.9 Å². The number of benzene rings is 2. The molecule has 7 nitrogen and oxygen atoms in total. The number of aliphatic hydroxyl groups is 1. The number of halogens is 1. The number of fused-ring (bicyclic) bond motifs is 1. The molecule has 27 heavy (non-hydrogen) atoms. The number of piperazine rings is 1. The molecule has 1 saturated heterocycles. The van der Waals surface area contributed by atoms with E-state index in [0.29, 0.717) is 24.5 Å². The topological polar surface area (TPSA) is 84.5 Å². The third-order valence-electron chi connectivity index (χ3n) is 4.73. The van der Waals surface area contributed by atoms with Crippen LogP contribution < -0.4 is 10.2 Å². The summed E-state index contributed by atoms with van der Waals surface area (Å²) in [5.74, 6) is -0.526. The maximum atomic E-state index is 13.9. The highest BCUT2D eigenvalue weighted by Crippen LogP contribution is 2.22. The third-order valence-corrected chi connectivity index (χ3v) is 4.73. The minimum absolute atomic E-state index is 0.0652. The Morgan fingerprint density at radius 1 is 1.30 bits per heavy atom. The molecule has 1 aromatic heterocycles. The van der Waals surface area contributed by atoms with E-state index in [-0.39, 0.29) is 24.8 Å². The first-order chi connectivity index (χ1) is 13.1. The minimum Gasteiger partial charge on any atom is -0.376 e. The lowest BCUT2D eigenvalue weighted by molar-refractivity contribution is -0.120. The number of aliphatic hydroxyl groups excluding tert-OH is 1. The highest BCUT2D eigenvalue weighted by Gasteiger charge is 2.28. The SMILES string of the molecule is O=C(CN1CCN(c2ccccc2F)CC1O)Nc1ccc2[nH]ncc2c1. The van der Waals surface area contributed by atoms with Gasteiger partial charge in [0.1, 0.15) is 12.0 Å². The molecular weight excluding hydrogens is 349 g/mol. The van der Waals surface area contributed by atoms with Gasteiger partial charge < -0.3 is 15.3 Å². The van der Waals surface area contributed by atoms with Crippen LogP contribution >= 0.6 is 0 Å². The number of hydrogen-bond donors (Lipinski definition) is 3. The quantitative estimate of drug-likeness (QED) is 0.653. The average molecular weight is 369 g/mol. The van der Waals surface area contributed by atoms with E-state index in [9.17, 15) is 14.3 Å². The smallest absolute Gasteiger partial charge is 0.238 e. The van der Waals surface area contributed by atoms with Crippen molar-refractivity contribution in [2.24, 2.45) is 0 Å². The molecule has 1 amide bonds. The number of carbonyl (C=O) groups excluding carboxylic acids is 1. The molecule has 140 valence electrons. The van der Waals surface area contributed by atoms with Gasteiger partial charge in [-0.05, 0) is 30.3 Å². The van der Waals surface area contributed by atoms with Gasteiger partial charge in [-0.1, -0.05) is 12.1 Å². The zero-order chi connectivity index (χ0) is 18.8. The largest absolute Gasteiger partial charge is 0.376 e. The van der Waals surface area contributed by atoms with Gasteiger partial charge in [0.05, 0.1) is 30.5 Å². The number of aromatic nitrogens is 2. The monoisotopic (exact) mass is 369 g/mol. The fraction of sp³-hybridized carbons (Fsp3) is 0.263. The van der Waals surface area contributed by atoms with Gasteiger partial charge in [0.15, 0.2) is 0 Å². The van der Waals surface area contributed by atoms with E-state index in [1.165, 1.54) is 6.07 Å². The maximum absolute atomic E-state index is 13.9. The molecule has 0 spiro atoms. The van der Waals surface area contributed by atoms with Gasteiger partial charge in [-0.3, -0.25) is 14.8 Å². The predicted molar refractivity (Wildman–Crippen MR) is 101 cm³/mol. The first-order valence-electron chi connectivity index (χ1n) is 8.75. The Morgan fingerprint density at radius 2 is 2.15 bits per heavy atom. The summed E-state index contributed by atoms with van der Waals surface area (Å²) in [7, 11) is 0. The summed E-state index contributed by atoms with van der Waals surface area (Å²) >= 11 is 0. The molecule has 0 radical (unpaired) electrons. The molecule has 1 aliphatic heterocycles. The molecule has 2 heterocycles. The first kappa shape index (κ1) is 17.4. The average Bonchev–Trinajstić information content (AvgIpc) is 3.11. The predicted octanol–water partition coefficient (Wildman–Crippen LogP) is 1.78. The van der Waals surface area contributed by atoms with E-state index in [2.05, 4.69) is 15.5 Å². The Kier molecular flexibility index (Phi) is 4.74. The van der Waals surface area contributed by atoms with Gasteiger partial charge in [-0.25, -0.2) is 4.39 Å². The number of nitrogens with zero attached hydrogens (tertiary/aromatic N) is 3. The molecule has 8 heteroatoms. The summed E-state index contributed by atoms with van der Waals surface area (Å²) in [6.07, 6.45) is 0.844. The summed E-state index contributed by atoms with van der Waals surface area (Å²) in [5, 5.41) is 20.9. The number of amides is 1. The Hall–Kier alpha value is -2.97. The Morgan fingerprint density at radius 3 is 2.96 bits per heavy atom. The van der Waals surface area contributed by atoms with Gasteiger partial charge in [-0.2, -0.15) is 5.10 Å². The molecule has 1 aliphatic rings. The van der Waals surface area contributed by atoms with Gasteiger partial charge in [0.25, 0.3) is 0 Å². The van der Waals surface area contributed by atoms with Gasteiger partial charge in [0, 0.05) is 24.2 Å². The van der Waals surface area contributed by atoms with Crippen LogP contribution in [0.5, 0.6) is 0 Å². The number of aromatic amines is 1. The number of carbonyl (C=O) groups is 1. The Bertz CT molecular complexity index is 960. The van der Waals surface area contributed by atoms with Gasteiger partial charge >= 0.3 is 0 Å². The summed E-state index contributed by atoms with van der Waals surface area (Å²) < 4.78 is 13.9. The van der Waals surface area contributed by atoms with Crippen molar-refractivity contribution in [2.45, 2.75) is 6.23 Å². The van der Waals surface area contributed by atoms with Crippen LogP contribution in [0.15, 0.2) is 48.7 Å². The lowest BCUT2D eigenvalue weighted by Gasteiger charge is -2.39. The Balaban J connectivity index is 1.35. The molecule has 4 rings (SSSR count).